The Kier molecular flexibility index (Phi) is 6.29. The van der Waals surface area contributed by atoms with Gasteiger partial charge in [-0.2, -0.15) is 0 Å². The Morgan fingerprint density at radius 3 is 2.62 bits per heavy atom. The van der Waals surface area contributed by atoms with Gasteiger partial charge in [-0.1, -0.05) is 24.3 Å². The first kappa shape index (κ1) is 17.9. The molecule has 4 nitrogen and oxygen atoms in total. The van der Waals surface area contributed by atoms with Crippen LogP contribution in [0, 0.1) is 5.82 Å². The maximum absolute atomic E-state index is 13.7. The molecule has 0 aliphatic heterocycles. The highest BCUT2D eigenvalue weighted by Crippen LogP contribution is 2.19. The number of carbonyl (C=O) groups excluding carboxylic acids is 1. The molecule has 5 heteroatoms. The number of halogens is 1. The summed E-state index contributed by atoms with van der Waals surface area (Å²) in [5, 5.41) is 2.96. The van der Waals surface area contributed by atoms with Crippen LogP contribution in [0.2, 0.25) is 0 Å². The number of amides is 2. The predicted molar refractivity (Wildman–Crippen MR) is 93.1 cm³/mol. The molecule has 0 saturated carbocycles. The van der Waals surface area contributed by atoms with Gasteiger partial charge in [-0.3, -0.25) is 4.98 Å². The number of nitrogens with zero attached hydrogens (tertiary/aromatic N) is 2. The van der Waals surface area contributed by atoms with Crippen LogP contribution in [-0.4, -0.2) is 28.5 Å². The molecule has 2 rings (SSSR count). The third kappa shape index (κ3) is 4.54. The van der Waals surface area contributed by atoms with Gasteiger partial charge in [0.15, 0.2) is 0 Å². The first-order valence-electron chi connectivity index (χ1n) is 8.23. The Morgan fingerprint density at radius 1 is 1.25 bits per heavy atom. The molecule has 0 aliphatic rings. The lowest BCUT2D eigenvalue weighted by atomic mass is 10.1. The topological polar surface area (TPSA) is 45.2 Å². The summed E-state index contributed by atoms with van der Waals surface area (Å²) in [6, 6.07) is 10.1. The van der Waals surface area contributed by atoms with Gasteiger partial charge in [0.05, 0.1) is 6.04 Å². The van der Waals surface area contributed by atoms with Crippen molar-refractivity contribution in [2.45, 2.75) is 39.3 Å². The lowest BCUT2D eigenvalue weighted by Gasteiger charge is -2.30. The molecule has 24 heavy (non-hydrogen) atoms. The molecule has 0 aliphatic carbocycles. The maximum atomic E-state index is 13.7. The van der Waals surface area contributed by atoms with E-state index in [0.29, 0.717) is 18.5 Å². The third-order valence-corrected chi connectivity index (χ3v) is 4.09. The molecule has 0 fully saturated rings. The summed E-state index contributed by atoms with van der Waals surface area (Å²) in [7, 11) is 0. The van der Waals surface area contributed by atoms with Crippen molar-refractivity contribution in [3.05, 3.63) is 65.7 Å². The number of aromatic nitrogens is 1. The number of nitrogens with one attached hydrogen (secondary N) is 1. The molecule has 2 aromatic rings. The molecule has 1 aromatic heterocycles. The van der Waals surface area contributed by atoms with Gasteiger partial charge in [0.2, 0.25) is 0 Å². The molecule has 0 bridgehead atoms. The zero-order chi connectivity index (χ0) is 17.5. The second kappa shape index (κ2) is 8.43. The Morgan fingerprint density at radius 2 is 2.00 bits per heavy atom. The van der Waals surface area contributed by atoms with E-state index in [4.69, 9.17) is 0 Å². The second-order valence-electron chi connectivity index (χ2n) is 5.89. The number of carbonyl (C=O) groups is 1. The summed E-state index contributed by atoms with van der Waals surface area (Å²) in [6.45, 7) is 6.37. The fourth-order valence-corrected chi connectivity index (χ4v) is 2.73. The smallest absolute Gasteiger partial charge is 0.318 e. The van der Waals surface area contributed by atoms with E-state index in [9.17, 15) is 9.18 Å². The highest BCUT2D eigenvalue weighted by atomic mass is 19.1. The average molecular weight is 329 g/mol. The molecule has 1 aromatic carbocycles. The quantitative estimate of drug-likeness (QED) is 0.872. The average Bonchev–Trinajstić information content (AvgIpc) is 2.58. The highest BCUT2D eigenvalue weighted by molar-refractivity contribution is 5.75. The van der Waals surface area contributed by atoms with Crippen LogP contribution in [0.3, 0.4) is 0 Å². The molecule has 0 radical (unpaired) electrons. The maximum Gasteiger partial charge on any atom is 0.318 e. The normalized spacial score (nSPS) is 13.2. The SMILES string of the molecule is CCN(C(=O)N[C@H](C)Cc1ccccc1F)[C@@H](C)c1cccnc1. The van der Waals surface area contributed by atoms with Gasteiger partial charge >= 0.3 is 6.03 Å². The minimum Gasteiger partial charge on any atom is -0.335 e. The van der Waals surface area contributed by atoms with Crippen molar-refractivity contribution in [3.8, 4) is 0 Å². The zero-order valence-electron chi connectivity index (χ0n) is 14.4. The lowest BCUT2D eigenvalue weighted by molar-refractivity contribution is 0.179. The number of urea groups is 1. The molecule has 2 atom stereocenters. The molecule has 0 spiro atoms. The monoisotopic (exact) mass is 329 g/mol. The van der Waals surface area contributed by atoms with Crippen LogP contribution < -0.4 is 5.32 Å². The van der Waals surface area contributed by atoms with E-state index in [1.54, 1.807) is 35.5 Å². The molecule has 1 heterocycles. The molecule has 2 amide bonds. The molecular weight excluding hydrogens is 305 g/mol. The van der Waals surface area contributed by atoms with E-state index in [0.717, 1.165) is 5.56 Å². The summed E-state index contributed by atoms with van der Waals surface area (Å²) in [6.07, 6.45) is 3.93. The van der Waals surface area contributed by atoms with E-state index in [2.05, 4.69) is 10.3 Å². The van der Waals surface area contributed by atoms with Crippen LogP contribution >= 0.6 is 0 Å². The lowest BCUT2D eigenvalue weighted by Crippen LogP contribution is -2.45. The summed E-state index contributed by atoms with van der Waals surface area (Å²) in [5.41, 5.74) is 1.59. The molecular formula is C19H24FN3O. The van der Waals surface area contributed by atoms with Crippen molar-refractivity contribution in [1.82, 2.24) is 15.2 Å². The van der Waals surface area contributed by atoms with E-state index in [-0.39, 0.29) is 23.9 Å². The Balaban J connectivity index is 2.00. The van der Waals surface area contributed by atoms with Gasteiger partial charge < -0.3 is 10.2 Å². The van der Waals surface area contributed by atoms with Crippen LogP contribution in [0.4, 0.5) is 9.18 Å². The van der Waals surface area contributed by atoms with Crippen molar-refractivity contribution in [1.29, 1.82) is 0 Å². The van der Waals surface area contributed by atoms with E-state index in [1.165, 1.54) is 6.07 Å². The van der Waals surface area contributed by atoms with Crippen molar-refractivity contribution >= 4 is 6.03 Å². The fraction of sp³-hybridized carbons (Fsp3) is 0.368. The van der Waals surface area contributed by atoms with Gasteiger partial charge in [-0.25, -0.2) is 9.18 Å². The van der Waals surface area contributed by atoms with Crippen molar-refractivity contribution in [2.75, 3.05) is 6.54 Å². The first-order valence-corrected chi connectivity index (χ1v) is 8.23. The zero-order valence-corrected chi connectivity index (χ0v) is 14.4. The minimum atomic E-state index is -0.241. The van der Waals surface area contributed by atoms with Crippen LogP contribution in [0.15, 0.2) is 48.8 Å². The Hall–Kier alpha value is -2.43. The number of pyridine rings is 1. The highest BCUT2D eigenvalue weighted by Gasteiger charge is 2.21. The Labute approximate surface area is 142 Å². The van der Waals surface area contributed by atoms with Crippen molar-refractivity contribution < 1.29 is 9.18 Å². The number of hydrogen-bond acceptors (Lipinski definition) is 2. The van der Waals surface area contributed by atoms with Crippen LogP contribution in [0.1, 0.15) is 37.9 Å². The van der Waals surface area contributed by atoms with E-state index >= 15 is 0 Å². The van der Waals surface area contributed by atoms with Gasteiger partial charge in [0.25, 0.3) is 0 Å². The van der Waals surface area contributed by atoms with Gasteiger partial charge in [-0.05, 0) is 50.5 Å². The second-order valence-corrected chi connectivity index (χ2v) is 5.89. The number of hydrogen-bond donors (Lipinski definition) is 1. The standard InChI is InChI=1S/C19H24FN3O/c1-4-23(15(3)17-9-7-11-21-13-17)19(24)22-14(2)12-16-8-5-6-10-18(16)20/h5-11,13-15H,4,12H2,1-3H3,(H,22,24)/t14-,15+/m1/s1. The molecule has 1 N–H and O–H groups in total. The summed E-state index contributed by atoms with van der Waals surface area (Å²) in [4.78, 5) is 18.4. The molecule has 0 saturated heterocycles. The van der Waals surface area contributed by atoms with Gasteiger partial charge in [0, 0.05) is 25.0 Å². The van der Waals surface area contributed by atoms with Gasteiger partial charge in [0.1, 0.15) is 5.82 Å². The largest absolute Gasteiger partial charge is 0.335 e. The van der Waals surface area contributed by atoms with Crippen molar-refractivity contribution in [2.24, 2.45) is 0 Å². The summed E-state index contributed by atoms with van der Waals surface area (Å²) >= 11 is 0. The summed E-state index contributed by atoms with van der Waals surface area (Å²) in [5.74, 6) is -0.241. The fourth-order valence-electron chi connectivity index (χ4n) is 2.73. The number of benzene rings is 1. The van der Waals surface area contributed by atoms with E-state index < -0.39 is 0 Å². The van der Waals surface area contributed by atoms with Crippen LogP contribution in [-0.2, 0) is 6.42 Å². The first-order chi connectivity index (χ1) is 11.5. The van der Waals surface area contributed by atoms with E-state index in [1.807, 2.05) is 32.9 Å². The van der Waals surface area contributed by atoms with Crippen LogP contribution in [0.5, 0.6) is 0 Å². The number of rotatable bonds is 6. The Bertz CT molecular complexity index is 663. The van der Waals surface area contributed by atoms with Crippen molar-refractivity contribution in [3.63, 3.8) is 0 Å². The summed E-state index contributed by atoms with van der Waals surface area (Å²) < 4.78 is 13.7. The molecule has 128 valence electrons. The molecule has 0 unspecified atom stereocenters. The van der Waals surface area contributed by atoms with Gasteiger partial charge in [-0.15, -0.1) is 0 Å². The van der Waals surface area contributed by atoms with Crippen LogP contribution in [0.25, 0.3) is 0 Å². The third-order valence-electron chi connectivity index (χ3n) is 4.09. The minimum absolute atomic E-state index is 0.0793. The predicted octanol–water partition coefficient (Wildman–Crippen LogP) is 3.94.